The number of fused-ring (bicyclic) bond motifs is 1. The monoisotopic (exact) mass is 359 g/mol. The van der Waals surface area contributed by atoms with Gasteiger partial charge in [-0.15, -0.1) is 0 Å². The predicted octanol–water partition coefficient (Wildman–Crippen LogP) is 3.86. The minimum atomic E-state index is 0.358. The Bertz CT molecular complexity index is 977. The van der Waals surface area contributed by atoms with Gasteiger partial charge in [-0.2, -0.15) is 0 Å². The molecule has 138 valence electrons. The summed E-state index contributed by atoms with van der Waals surface area (Å²) in [5.41, 5.74) is 3.75. The summed E-state index contributed by atoms with van der Waals surface area (Å²) in [5, 5.41) is 1.19. The van der Waals surface area contributed by atoms with E-state index in [0.29, 0.717) is 11.3 Å². The first-order valence-electron chi connectivity index (χ1n) is 9.75. The third-order valence-corrected chi connectivity index (χ3v) is 5.89. The molecular weight excluding hydrogens is 334 g/mol. The third-order valence-electron chi connectivity index (χ3n) is 5.89. The number of hydrogen-bond donors (Lipinski definition) is 0. The lowest BCUT2D eigenvalue weighted by atomic mass is 9.93. The van der Waals surface area contributed by atoms with Crippen molar-refractivity contribution in [1.29, 1.82) is 0 Å². The molecule has 5 nitrogen and oxygen atoms in total. The van der Waals surface area contributed by atoms with E-state index in [1.54, 1.807) is 0 Å². The number of para-hydroxylation sites is 1. The van der Waals surface area contributed by atoms with Gasteiger partial charge in [-0.3, -0.25) is 9.97 Å². The van der Waals surface area contributed by atoms with Gasteiger partial charge in [0.2, 0.25) is 0 Å². The zero-order valence-electron chi connectivity index (χ0n) is 16.0. The summed E-state index contributed by atoms with van der Waals surface area (Å²) < 4.78 is 0. The average molecular weight is 359 g/mol. The molecule has 27 heavy (non-hydrogen) atoms. The summed E-state index contributed by atoms with van der Waals surface area (Å²) >= 11 is 0. The van der Waals surface area contributed by atoms with Gasteiger partial charge in [-0.1, -0.05) is 32.0 Å². The van der Waals surface area contributed by atoms with Crippen LogP contribution in [0.5, 0.6) is 0 Å². The van der Waals surface area contributed by atoms with E-state index in [2.05, 4.69) is 52.9 Å². The maximum Gasteiger partial charge on any atom is 0.150 e. The molecule has 5 heteroatoms. The second kappa shape index (κ2) is 6.19. The first-order chi connectivity index (χ1) is 13.1. The standard InChI is InChI=1S/C22H25N5/c1-22(2)7-10-26(15-22)21-20(23-8-9-24-21)17-13-27(14-17)18-11-16-5-3-4-6-19(16)25-12-18/h3-6,8-9,11-12,17H,7,10,13-15H2,1-2H3. The van der Waals surface area contributed by atoms with Crippen LogP contribution in [0.3, 0.4) is 0 Å². The lowest BCUT2D eigenvalue weighted by Gasteiger charge is -2.41. The van der Waals surface area contributed by atoms with Crippen LogP contribution in [0.2, 0.25) is 0 Å². The largest absolute Gasteiger partial charge is 0.369 e. The maximum atomic E-state index is 4.72. The van der Waals surface area contributed by atoms with Crippen molar-refractivity contribution in [3.8, 4) is 0 Å². The molecule has 2 aromatic heterocycles. The van der Waals surface area contributed by atoms with Gasteiger partial charge in [0.1, 0.15) is 0 Å². The number of rotatable bonds is 3. The molecule has 1 aromatic carbocycles. The van der Waals surface area contributed by atoms with Crippen LogP contribution in [0, 0.1) is 5.41 Å². The molecule has 4 heterocycles. The van der Waals surface area contributed by atoms with Crippen LogP contribution in [0.1, 0.15) is 31.9 Å². The molecule has 0 unspecified atom stereocenters. The summed E-state index contributed by atoms with van der Waals surface area (Å²) in [7, 11) is 0. The number of anilines is 2. The molecule has 2 saturated heterocycles. The predicted molar refractivity (Wildman–Crippen MR) is 109 cm³/mol. The van der Waals surface area contributed by atoms with Crippen LogP contribution in [0.25, 0.3) is 10.9 Å². The summed E-state index contributed by atoms with van der Waals surface area (Å²) in [5.74, 6) is 1.52. The Labute approximate surface area is 160 Å². The fourth-order valence-corrected chi connectivity index (χ4v) is 4.26. The molecule has 0 amide bonds. The molecule has 3 aromatic rings. The van der Waals surface area contributed by atoms with Gasteiger partial charge in [0, 0.05) is 49.9 Å². The first kappa shape index (κ1) is 16.5. The minimum absolute atomic E-state index is 0.358. The molecule has 0 bridgehead atoms. The smallest absolute Gasteiger partial charge is 0.150 e. The Hall–Kier alpha value is -2.69. The lowest BCUT2D eigenvalue weighted by molar-refractivity contribution is 0.418. The van der Waals surface area contributed by atoms with E-state index >= 15 is 0 Å². The zero-order chi connectivity index (χ0) is 18.4. The molecule has 0 saturated carbocycles. The van der Waals surface area contributed by atoms with Crippen molar-refractivity contribution in [3.63, 3.8) is 0 Å². The van der Waals surface area contributed by atoms with Gasteiger partial charge in [-0.25, -0.2) is 4.98 Å². The molecule has 2 aliphatic rings. The van der Waals surface area contributed by atoms with E-state index in [9.17, 15) is 0 Å². The SMILES string of the molecule is CC1(C)CCN(c2nccnc2C2CN(c3cnc4ccccc4c3)C2)C1. The Morgan fingerprint density at radius 3 is 2.63 bits per heavy atom. The number of benzene rings is 1. The minimum Gasteiger partial charge on any atom is -0.369 e. The normalized spacial score (nSPS) is 19.5. The van der Waals surface area contributed by atoms with E-state index in [1.165, 1.54) is 17.5 Å². The average Bonchev–Trinajstić information content (AvgIpc) is 3.00. The molecule has 5 rings (SSSR count). The highest BCUT2D eigenvalue weighted by atomic mass is 15.2. The number of pyridine rings is 1. The van der Waals surface area contributed by atoms with Gasteiger partial charge in [0.25, 0.3) is 0 Å². The number of aromatic nitrogens is 3. The highest BCUT2D eigenvalue weighted by Gasteiger charge is 2.36. The summed E-state index contributed by atoms with van der Waals surface area (Å²) in [4.78, 5) is 18.8. The zero-order valence-corrected chi connectivity index (χ0v) is 16.0. The fraction of sp³-hybridized carbons (Fsp3) is 0.409. The van der Waals surface area contributed by atoms with Gasteiger partial charge in [0.15, 0.2) is 5.82 Å². The van der Waals surface area contributed by atoms with Crippen molar-refractivity contribution in [2.24, 2.45) is 5.41 Å². The van der Waals surface area contributed by atoms with Crippen LogP contribution >= 0.6 is 0 Å². The Balaban J connectivity index is 1.35. The molecule has 2 aliphatic heterocycles. The molecule has 0 aliphatic carbocycles. The molecule has 0 atom stereocenters. The van der Waals surface area contributed by atoms with Crippen molar-refractivity contribution in [3.05, 3.63) is 54.6 Å². The maximum absolute atomic E-state index is 4.72. The van der Waals surface area contributed by atoms with Gasteiger partial charge < -0.3 is 9.80 Å². The van der Waals surface area contributed by atoms with Crippen LogP contribution < -0.4 is 9.80 Å². The summed E-state index contributed by atoms with van der Waals surface area (Å²) in [6.07, 6.45) is 6.86. The second-order valence-electron chi connectivity index (χ2n) is 8.59. The van der Waals surface area contributed by atoms with Crippen LogP contribution in [-0.4, -0.2) is 41.1 Å². The van der Waals surface area contributed by atoms with Crippen molar-refractivity contribution >= 4 is 22.4 Å². The highest BCUT2D eigenvalue weighted by molar-refractivity contribution is 5.81. The molecule has 2 fully saturated rings. The summed E-state index contributed by atoms with van der Waals surface area (Å²) in [6, 6.07) is 10.5. The molecular formula is C22H25N5. The molecule has 0 radical (unpaired) electrons. The van der Waals surface area contributed by atoms with Crippen LogP contribution in [0.15, 0.2) is 48.9 Å². The number of hydrogen-bond acceptors (Lipinski definition) is 5. The van der Waals surface area contributed by atoms with E-state index in [4.69, 9.17) is 9.97 Å². The fourth-order valence-electron chi connectivity index (χ4n) is 4.26. The Kier molecular flexibility index (Phi) is 3.78. The Morgan fingerprint density at radius 2 is 1.81 bits per heavy atom. The molecule has 0 N–H and O–H groups in total. The van der Waals surface area contributed by atoms with Crippen molar-refractivity contribution in [2.45, 2.75) is 26.2 Å². The van der Waals surface area contributed by atoms with Crippen LogP contribution in [0.4, 0.5) is 11.5 Å². The number of nitrogens with zero attached hydrogens (tertiary/aromatic N) is 5. The first-order valence-corrected chi connectivity index (χ1v) is 9.75. The van der Waals surface area contributed by atoms with Gasteiger partial charge in [-0.05, 0) is 24.0 Å². The van der Waals surface area contributed by atoms with Gasteiger partial charge in [0.05, 0.1) is 23.1 Å². The second-order valence-corrected chi connectivity index (χ2v) is 8.59. The highest BCUT2D eigenvalue weighted by Crippen LogP contribution is 2.38. The Morgan fingerprint density at radius 1 is 1.00 bits per heavy atom. The summed E-state index contributed by atoms with van der Waals surface area (Å²) in [6.45, 7) is 8.75. The quantitative estimate of drug-likeness (QED) is 0.710. The van der Waals surface area contributed by atoms with E-state index in [1.807, 2.05) is 24.7 Å². The topological polar surface area (TPSA) is 45.2 Å². The van der Waals surface area contributed by atoms with Crippen molar-refractivity contribution in [2.75, 3.05) is 36.0 Å². The van der Waals surface area contributed by atoms with Gasteiger partial charge >= 0.3 is 0 Å². The molecule has 0 spiro atoms. The lowest BCUT2D eigenvalue weighted by Crippen LogP contribution is -2.46. The van der Waals surface area contributed by atoms with Crippen molar-refractivity contribution < 1.29 is 0 Å². The third kappa shape index (κ3) is 3.01. The van der Waals surface area contributed by atoms with E-state index in [0.717, 1.165) is 43.2 Å². The van der Waals surface area contributed by atoms with Crippen molar-refractivity contribution in [1.82, 2.24) is 15.0 Å². The van der Waals surface area contributed by atoms with E-state index < -0.39 is 0 Å². The van der Waals surface area contributed by atoms with Crippen LogP contribution in [-0.2, 0) is 0 Å². The van der Waals surface area contributed by atoms with E-state index in [-0.39, 0.29) is 0 Å².